The molecule has 2 aliphatic rings. The van der Waals surface area contributed by atoms with Crippen molar-refractivity contribution < 1.29 is 9.90 Å². The minimum Gasteiger partial charge on any atom is -0.508 e. The van der Waals surface area contributed by atoms with E-state index < -0.39 is 11.0 Å². The Labute approximate surface area is 174 Å². The van der Waals surface area contributed by atoms with Crippen molar-refractivity contribution >= 4 is 29.1 Å². The maximum Gasteiger partial charge on any atom is 0.232 e. The smallest absolute Gasteiger partial charge is 0.232 e. The summed E-state index contributed by atoms with van der Waals surface area (Å²) in [6.45, 7) is 3.83. The van der Waals surface area contributed by atoms with Gasteiger partial charge in [-0.3, -0.25) is 4.79 Å². The maximum atomic E-state index is 12.8. The predicted octanol–water partition coefficient (Wildman–Crippen LogP) is 4.36. The third-order valence-electron chi connectivity index (χ3n) is 6.52. The van der Waals surface area contributed by atoms with Crippen molar-refractivity contribution in [2.75, 3.05) is 0 Å². The SMILES string of the molecule is CC1NC(=O)C2(C)C=CC(c3ccc(O)cc3Cl)C(c3ccc(Cl)cc3)C12N. The fourth-order valence-corrected chi connectivity index (χ4v) is 5.28. The van der Waals surface area contributed by atoms with E-state index in [0.29, 0.717) is 10.0 Å². The van der Waals surface area contributed by atoms with Gasteiger partial charge in [0.25, 0.3) is 0 Å². The Morgan fingerprint density at radius 1 is 1.14 bits per heavy atom. The fraction of sp³-hybridized carbons (Fsp3) is 0.318. The third kappa shape index (κ3) is 2.59. The summed E-state index contributed by atoms with van der Waals surface area (Å²) in [7, 11) is 0. The highest BCUT2D eigenvalue weighted by Gasteiger charge is 2.65. The van der Waals surface area contributed by atoms with Gasteiger partial charge in [0.1, 0.15) is 5.75 Å². The van der Waals surface area contributed by atoms with Crippen LogP contribution < -0.4 is 11.1 Å². The highest BCUT2D eigenvalue weighted by Crippen LogP contribution is 2.57. The van der Waals surface area contributed by atoms with Crippen LogP contribution in [-0.2, 0) is 4.79 Å². The molecular weight excluding hydrogens is 395 g/mol. The molecule has 4 nitrogen and oxygen atoms in total. The van der Waals surface area contributed by atoms with E-state index in [0.717, 1.165) is 11.1 Å². The number of nitrogens with one attached hydrogen (secondary N) is 1. The fourth-order valence-electron chi connectivity index (χ4n) is 4.85. The normalized spacial score (nSPS) is 34.2. The largest absolute Gasteiger partial charge is 0.508 e. The molecular formula is C22H22Cl2N2O2. The molecule has 4 rings (SSSR count). The van der Waals surface area contributed by atoms with Crippen LogP contribution in [0.5, 0.6) is 5.75 Å². The molecule has 4 N–H and O–H groups in total. The molecule has 5 atom stereocenters. The monoisotopic (exact) mass is 416 g/mol. The average Bonchev–Trinajstić information content (AvgIpc) is 2.82. The van der Waals surface area contributed by atoms with Crippen LogP contribution in [0.1, 0.15) is 36.8 Å². The highest BCUT2D eigenvalue weighted by molar-refractivity contribution is 6.31. The lowest BCUT2D eigenvalue weighted by Crippen LogP contribution is -2.63. The summed E-state index contributed by atoms with van der Waals surface area (Å²) < 4.78 is 0. The van der Waals surface area contributed by atoms with Gasteiger partial charge in [-0.1, -0.05) is 53.6 Å². The summed E-state index contributed by atoms with van der Waals surface area (Å²) in [6, 6.07) is 12.3. The predicted molar refractivity (Wildman–Crippen MR) is 112 cm³/mol. The Balaban J connectivity index is 1.96. The Bertz CT molecular complexity index is 975. The van der Waals surface area contributed by atoms with E-state index in [2.05, 4.69) is 5.32 Å². The minimum atomic E-state index is -0.876. The first-order chi connectivity index (χ1) is 13.2. The Morgan fingerprint density at radius 3 is 2.46 bits per heavy atom. The van der Waals surface area contributed by atoms with Gasteiger partial charge >= 0.3 is 0 Å². The standard InChI is InChI=1S/C22H22Cl2N2O2/c1-12-22(25)19(13-3-5-14(23)6-4-13)17(9-10-21(22,2)20(28)26-12)16-8-7-15(27)11-18(16)24/h3-12,17,19,27H,25H2,1-2H3,(H,26,28). The molecule has 0 aromatic heterocycles. The van der Waals surface area contributed by atoms with Crippen LogP contribution in [0.25, 0.3) is 0 Å². The van der Waals surface area contributed by atoms with E-state index >= 15 is 0 Å². The number of hydrogen-bond acceptors (Lipinski definition) is 3. The summed E-state index contributed by atoms with van der Waals surface area (Å²) in [5.41, 5.74) is 7.21. The van der Waals surface area contributed by atoms with Crippen molar-refractivity contribution in [3.63, 3.8) is 0 Å². The molecule has 1 aliphatic carbocycles. The van der Waals surface area contributed by atoms with Crippen molar-refractivity contribution in [1.82, 2.24) is 5.32 Å². The van der Waals surface area contributed by atoms with E-state index in [1.807, 2.05) is 56.3 Å². The van der Waals surface area contributed by atoms with Crippen molar-refractivity contribution in [2.45, 2.75) is 37.3 Å². The molecule has 6 heteroatoms. The van der Waals surface area contributed by atoms with Crippen molar-refractivity contribution in [1.29, 1.82) is 0 Å². The number of hydrogen-bond donors (Lipinski definition) is 3. The number of phenolic OH excluding ortho intramolecular Hbond substituents is 1. The van der Waals surface area contributed by atoms with Crippen molar-refractivity contribution in [2.24, 2.45) is 11.1 Å². The summed E-state index contributed by atoms with van der Waals surface area (Å²) in [5.74, 6) is -0.360. The molecule has 1 saturated heterocycles. The van der Waals surface area contributed by atoms with Gasteiger partial charge in [0.05, 0.1) is 11.0 Å². The number of rotatable bonds is 2. The van der Waals surface area contributed by atoms with Gasteiger partial charge in [-0.25, -0.2) is 0 Å². The number of fused-ring (bicyclic) bond motifs is 1. The molecule has 2 aromatic carbocycles. The lowest BCUT2D eigenvalue weighted by molar-refractivity contribution is -0.126. The van der Waals surface area contributed by atoms with Crippen molar-refractivity contribution in [3.05, 3.63) is 75.8 Å². The summed E-state index contributed by atoms with van der Waals surface area (Å²) >= 11 is 12.6. The average molecular weight is 417 g/mol. The van der Waals surface area contributed by atoms with Gasteiger partial charge in [-0.15, -0.1) is 0 Å². The maximum absolute atomic E-state index is 12.8. The molecule has 28 heavy (non-hydrogen) atoms. The highest BCUT2D eigenvalue weighted by atomic mass is 35.5. The lowest BCUT2D eigenvalue weighted by Gasteiger charge is -2.50. The molecule has 0 saturated carbocycles. The van der Waals surface area contributed by atoms with E-state index in [4.69, 9.17) is 28.9 Å². The molecule has 0 radical (unpaired) electrons. The van der Waals surface area contributed by atoms with Crippen LogP contribution in [0, 0.1) is 5.41 Å². The second kappa shape index (κ2) is 6.51. The van der Waals surface area contributed by atoms with Crippen LogP contribution in [0.3, 0.4) is 0 Å². The summed E-state index contributed by atoms with van der Waals surface area (Å²) in [6.07, 6.45) is 3.92. The first-order valence-corrected chi connectivity index (χ1v) is 9.97. The van der Waals surface area contributed by atoms with E-state index in [1.165, 1.54) is 6.07 Å². The van der Waals surface area contributed by atoms with Crippen LogP contribution in [0.4, 0.5) is 0 Å². The van der Waals surface area contributed by atoms with Gasteiger partial charge in [0, 0.05) is 27.9 Å². The second-order valence-electron chi connectivity index (χ2n) is 7.95. The Kier molecular flexibility index (Phi) is 4.49. The number of nitrogens with two attached hydrogens (primary N) is 1. The Hall–Kier alpha value is -2.01. The number of phenols is 1. The zero-order valence-corrected chi connectivity index (χ0v) is 17.1. The van der Waals surface area contributed by atoms with Gasteiger partial charge < -0.3 is 16.2 Å². The topological polar surface area (TPSA) is 75.3 Å². The molecule has 0 spiro atoms. The van der Waals surface area contributed by atoms with Gasteiger partial charge in [0.2, 0.25) is 5.91 Å². The lowest BCUT2D eigenvalue weighted by atomic mass is 9.54. The molecule has 5 unspecified atom stereocenters. The Morgan fingerprint density at radius 2 is 1.82 bits per heavy atom. The number of amides is 1. The van der Waals surface area contributed by atoms with Gasteiger partial charge in [-0.05, 0) is 49.2 Å². The third-order valence-corrected chi connectivity index (χ3v) is 7.10. The minimum absolute atomic E-state index is 0.0760. The zero-order valence-electron chi connectivity index (χ0n) is 15.6. The van der Waals surface area contributed by atoms with Crippen molar-refractivity contribution in [3.8, 4) is 5.75 Å². The number of carbonyl (C=O) groups is 1. The van der Waals surface area contributed by atoms with Crippen LogP contribution in [-0.4, -0.2) is 22.6 Å². The number of allylic oxidation sites excluding steroid dienone is 1. The quantitative estimate of drug-likeness (QED) is 0.636. The number of halogens is 2. The number of benzene rings is 2. The molecule has 146 valence electrons. The molecule has 2 aromatic rings. The van der Waals surface area contributed by atoms with E-state index in [9.17, 15) is 9.90 Å². The van der Waals surface area contributed by atoms with Crippen LogP contribution >= 0.6 is 23.2 Å². The summed E-state index contributed by atoms with van der Waals surface area (Å²) in [4.78, 5) is 12.8. The summed E-state index contributed by atoms with van der Waals surface area (Å²) in [5, 5.41) is 13.9. The molecule has 1 fully saturated rings. The van der Waals surface area contributed by atoms with E-state index in [-0.39, 0.29) is 29.5 Å². The second-order valence-corrected chi connectivity index (χ2v) is 8.79. The van der Waals surface area contributed by atoms with Crippen LogP contribution in [0.15, 0.2) is 54.6 Å². The molecule has 1 aliphatic heterocycles. The zero-order chi connectivity index (χ0) is 20.3. The molecule has 0 bridgehead atoms. The van der Waals surface area contributed by atoms with Gasteiger partial charge in [-0.2, -0.15) is 0 Å². The molecule has 1 amide bonds. The number of carbonyl (C=O) groups excluding carboxylic acids is 1. The van der Waals surface area contributed by atoms with Gasteiger partial charge in [0.15, 0.2) is 0 Å². The first kappa shape index (κ1) is 19.3. The van der Waals surface area contributed by atoms with Crippen LogP contribution in [0.2, 0.25) is 10.0 Å². The number of aromatic hydroxyl groups is 1. The van der Waals surface area contributed by atoms with E-state index in [1.54, 1.807) is 6.07 Å². The molecule has 1 heterocycles. The first-order valence-electron chi connectivity index (χ1n) is 9.21.